The minimum Gasteiger partial charge on any atom is -0.315 e. The van der Waals surface area contributed by atoms with E-state index in [2.05, 4.69) is 56.3 Å². The second-order valence-electron chi connectivity index (χ2n) is 4.61. The molecule has 0 saturated heterocycles. The highest BCUT2D eigenvalue weighted by Crippen LogP contribution is 1.94. The molecule has 0 aliphatic heterocycles. The Morgan fingerprint density at radius 1 is 1.12 bits per heavy atom. The molecule has 1 rings (SSSR count). The highest BCUT2D eigenvalue weighted by Gasteiger charge is 1.92. The van der Waals surface area contributed by atoms with E-state index in [4.69, 9.17) is 0 Å². The zero-order chi connectivity index (χ0) is 13.1. The standard InChI is InChI=1S/C9H14N2.C5H13N/c1-8(2)11-7-9-4-3-5-10-6-9;1-4-6-5(2)3/h3-6,8,11H,7H2,1-2H3;5-6H,4H2,1-3H3. The Hall–Kier alpha value is -0.930. The molecule has 98 valence electrons. The zero-order valence-electron chi connectivity index (χ0n) is 11.8. The third-order valence-electron chi connectivity index (χ3n) is 2.05. The van der Waals surface area contributed by atoms with Gasteiger partial charge in [-0.25, -0.2) is 0 Å². The monoisotopic (exact) mass is 237 g/mol. The van der Waals surface area contributed by atoms with Crippen LogP contribution in [0, 0.1) is 0 Å². The second kappa shape index (κ2) is 10.2. The van der Waals surface area contributed by atoms with Crippen molar-refractivity contribution >= 4 is 0 Å². The molecule has 0 saturated carbocycles. The minimum absolute atomic E-state index is 0.537. The van der Waals surface area contributed by atoms with Gasteiger partial charge in [-0.2, -0.15) is 0 Å². The predicted molar refractivity (Wildman–Crippen MR) is 75.0 cm³/mol. The molecule has 17 heavy (non-hydrogen) atoms. The summed E-state index contributed by atoms with van der Waals surface area (Å²) in [5, 5.41) is 6.53. The van der Waals surface area contributed by atoms with Gasteiger partial charge in [-0.3, -0.25) is 4.98 Å². The number of aromatic nitrogens is 1. The lowest BCUT2D eigenvalue weighted by molar-refractivity contribution is 0.588. The summed E-state index contributed by atoms with van der Waals surface area (Å²) in [6, 6.07) is 5.21. The summed E-state index contributed by atoms with van der Waals surface area (Å²) in [4.78, 5) is 4.02. The van der Waals surface area contributed by atoms with E-state index >= 15 is 0 Å². The number of hydrogen-bond acceptors (Lipinski definition) is 3. The molecule has 0 atom stereocenters. The zero-order valence-corrected chi connectivity index (χ0v) is 11.8. The Morgan fingerprint density at radius 3 is 2.12 bits per heavy atom. The highest BCUT2D eigenvalue weighted by molar-refractivity contribution is 5.07. The number of nitrogens with one attached hydrogen (secondary N) is 2. The third kappa shape index (κ3) is 11.3. The van der Waals surface area contributed by atoms with Gasteiger partial charge in [0.15, 0.2) is 0 Å². The molecule has 3 nitrogen and oxygen atoms in total. The Balaban J connectivity index is 0.000000366. The lowest BCUT2D eigenvalue weighted by atomic mass is 10.2. The lowest BCUT2D eigenvalue weighted by Crippen LogP contribution is -2.21. The molecule has 0 aliphatic rings. The van der Waals surface area contributed by atoms with Crippen molar-refractivity contribution in [2.24, 2.45) is 0 Å². The molecule has 0 bridgehead atoms. The van der Waals surface area contributed by atoms with Gasteiger partial charge < -0.3 is 10.6 Å². The van der Waals surface area contributed by atoms with Gasteiger partial charge in [0.2, 0.25) is 0 Å². The van der Waals surface area contributed by atoms with E-state index in [1.54, 1.807) is 6.20 Å². The van der Waals surface area contributed by atoms with E-state index in [9.17, 15) is 0 Å². The fourth-order valence-electron chi connectivity index (χ4n) is 1.23. The van der Waals surface area contributed by atoms with Crippen LogP contribution in [0.25, 0.3) is 0 Å². The van der Waals surface area contributed by atoms with Crippen LogP contribution in [0.3, 0.4) is 0 Å². The Labute approximate surface area is 106 Å². The van der Waals surface area contributed by atoms with Gasteiger partial charge in [0, 0.05) is 31.0 Å². The maximum absolute atomic E-state index is 4.02. The SMILES string of the molecule is CC(C)NCc1cccnc1.CCNC(C)C. The van der Waals surface area contributed by atoms with Gasteiger partial charge >= 0.3 is 0 Å². The lowest BCUT2D eigenvalue weighted by Gasteiger charge is -2.06. The number of nitrogens with zero attached hydrogens (tertiary/aromatic N) is 1. The molecule has 0 spiro atoms. The maximum atomic E-state index is 4.02. The Kier molecular flexibility index (Phi) is 9.68. The van der Waals surface area contributed by atoms with Gasteiger partial charge in [-0.05, 0) is 18.2 Å². The first kappa shape index (κ1) is 16.1. The van der Waals surface area contributed by atoms with E-state index in [1.807, 2.05) is 12.3 Å². The van der Waals surface area contributed by atoms with Crippen LogP contribution in [0.2, 0.25) is 0 Å². The fourth-order valence-corrected chi connectivity index (χ4v) is 1.23. The molecule has 1 heterocycles. The highest BCUT2D eigenvalue weighted by atomic mass is 14.9. The fraction of sp³-hybridized carbons (Fsp3) is 0.643. The summed E-state index contributed by atoms with van der Waals surface area (Å²) in [7, 11) is 0. The average Bonchev–Trinajstić information content (AvgIpc) is 2.28. The van der Waals surface area contributed by atoms with Crippen molar-refractivity contribution in [2.75, 3.05) is 6.54 Å². The van der Waals surface area contributed by atoms with E-state index in [-0.39, 0.29) is 0 Å². The van der Waals surface area contributed by atoms with Crippen LogP contribution < -0.4 is 10.6 Å². The predicted octanol–water partition coefficient (Wildman–Crippen LogP) is 2.58. The molecular weight excluding hydrogens is 210 g/mol. The van der Waals surface area contributed by atoms with E-state index in [1.165, 1.54) is 5.56 Å². The Bertz CT molecular complexity index is 257. The van der Waals surface area contributed by atoms with E-state index in [0.717, 1.165) is 13.1 Å². The smallest absolute Gasteiger partial charge is 0.0312 e. The van der Waals surface area contributed by atoms with Crippen molar-refractivity contribution < 1.29 is 0 Å². The summed E-state index contributed by atoms with van der Waals surface area (Å²) in [6.07, 6.45) is 3.67. The number of pyridine rings is 1. The average molecular weight is 237 g/mol. The molecule has 0 aliphatic carbocycles. The molecule has 0 amide bonds. The molecule has 3 heteroatoms. The molecule has 0 radical (unpaired) electrons. The topological polar surface area (TPSA) is 37.0 Å². The third-order valence-corrected chi connectivity index (χ3v) is 2.05. The van der Waals surface area contributed by atoms with Gasteiger partial charge in [-0.15, -0.1) is 0 Å². The number of rotatable bonds is 5. The van der Waals surface area contributed by atoms with Gasteiger partial charge in [0.25, 0.3) is 0 Å². The van der Waals surface area contributed by atoms with Crippen LogP contribution in [0.15, 0.2) is 24.5 Å². The van der Waals surface area contributed by atoms with Gasteiger partial charge in [0.05, 0.1) is 0 Å². The quantitative estimate of drug-likeness (QED) is 0.826. The van der Waals surface area contributed by atoms with Crippen LogP contribution in [0.5, 0.6) is 0 Å². The summed E-state index contributed by atoms with van der Waals surface area (Å²) in [5.41, 5.74) is 1.24. The van der Waals surface area contributed by atoms with Crippen molar-refractivity contribution in [1.82, 2.24) is 15.6 Å². The van der Waals surface area contributed by atoms with E-state index < -0.39 is 0 Å². The minimum atomic E-state index is 0.537. The molecule has 0 aromatic carbocycles. The van der Waals surface area contributed by atoms with Crippen molar-refractivity contribution in [3.63, 3.8) is 0 Å². The van der Waals surface area contributed by atoms with Crippen molar-refractivity contribution in [3.05, 3.63) is 30.1 Å². The first-order valence-corrected chi connectivity index (χ1v) is 6.41. The van der Waals surface area contributed by atoms with Crippen molar-refractivity contribution in [3.8, 4) is 0 Å². The number of hydrogen-bond donors (Lipinski definition) is 2. The van der Waals surface area contributed by atoms with Crippen molar-refractivity contribution in [1.29, 1.82) is 0 Å². The molecule has 2 N–H and O–H groups in total. The summed E-state index contributed by atoms with van der Waals surface area (Å²) in [5.74, 6) is 0. The van der Waals surface area contributed by atoms with Crippen molar-refractivity contribution in [2.45, 2.75) is 53.2 Å². The largest absolute Gasteiger partial charge is 0.315 e. The first-order chi connectivity index (χ1) is 8.06. The van der Waals surface area contributed by atoms with Gasteiger partial charge in [0.1, 0.15) is 0 Å². The van der Waals surface area contributed by atoms with Crippen LogP contribution >= 0.6 is 0 Å². The first-order valence-electron chi connectivity index (χ1n) is 6.41. The van der Waals surface area contributed by atoms with E-state index in [0.29, 0.717) is 12.1 Å². The maximum Gasteiger partial charge on any atom is 0.0312 e. The van der Waals surface area contributed by atoms with Crippen LogP contribution in [0.1, 0.15) is 40.2 Å². The molecule has 1 aromatic heterocycles. The van der Waals surface area contributed by atoms with Crippen LogP contribution in [-0.2, 0) is 6.54 Å². The van der Waals surface area contributed by atoms with Gasteiger partial charge in [-0.1, -0.05) is 40.7 Å². The molecule has 0 fully saturated rings. The summed E-state index contributed by atoms with van der Waals surface area (Å²) >= 11 is 0. The van der Waals surface area contributed by atoms with Crippen LogP contribution in [0.4, 0.5) is 0 Å². The summed E-state index contributed by atoms with van der Waals surface area (Å²) < 4.78 is 0. The molecular formula is C14H27N3. The van der Waals surface area contributed by atoms with Crippen LogP contribution in [-0.4, -0.2) is 23.6 Å². The second-order valence-corrected chi connectivity index (χ2v) is 4.61. The normalized spacial score (nSPS) is 10.3. The molecule has 0 unspecified atom stereocenters. The molecule has 1 aromatic rings. The summed E-state index contributed by atoms with van der Waals surface area (Å²) in [6.45, 7) is 12.7. The Morgan fingerprint density at radius 2 is 1.76 bits per heavy atom.